The van der Waals surface area contributed by atoms with Crippen molar-refractivity contribution in [2.75, 3.05) is 13.6 Å². The van der Waals surface area contributed by atoms with Gasteiger partial charge in [0.15, 0.2) is 5.96 Å². The van der Waals surface area contributed by atoms with Crippen LogP contribution in [-0.4, -0.2) is 52.4 Å². The van der Waals surface area contributed by atoms with E-state index in [0.717, 1.165) is 11.8 Å². The van der Waals surface area contributed by atoms with Gasteiger partial charge in [-0.3, -0.25) is 5.41 Å². The Labute approximate surface area is 85.7 Å². The van der Waals surface area contributed by atoms with Gasteiger partial charge in [0.1, 0.15) is 6.54 Å². The number of hydrogen-bond donors (Lipinski definition) is 4. The van der Waals surface area contributed by atoms with Gasteiger partial charge in [0, 0.05) is 14.0 Å². The summed E-state index contributed by atoms with van der Waals surface area (Å²) in [5, 5.41) is 24.4. The molecule has 0 spiro atoms. The van der Waals surface area contributed by atoms with E-state index in [4.69, 9.17) is 21.4 Å². The van der Waals surface area contributed by atoms with Gasteiger partial charge in [-0.2, -0.15) is 0 Å². The molecule has 0 atom stereocenters. The van der Waals surface area contributed by atoms with Gasteiger partial charge in [-0.1, -0.05) is 0 Å². The van der Waals surface area contributed by atoms with E-state index in [9.17, 15) is 9.59 Å². The number of nitrogens with two attached hydrogens (primary N) is 1. The minimum Gasteiger partial charge on any atom is -0.388 e. The summed E-state index contributed by atoms with van der Waals surface area (Å²) in [5.41, 5.74) is 5.02. The van der Waals surface area contributed by atoms with Gasteiger partial charge in [0.25, 0.3) is 5.79 Å². The molecule has 0 aliphatic rings. The number of ether oxygens (including phenoxy) is 1. The second-order valence-electron chi connectivity index (χ2n) is 3.02. The monoisotopic (exact) mass is 219 g/mol. The Morgan fingerprint density at radius 2 is 2.00 bits per heavy atom. The van der Waals surface area contributed by atoms with E-state index in [1.165, 1.54) is 7.05 Å². The van der Waals surface area contributed by atoms with Crippen molar-refractivity contribution in [2.24, 2.45) is 5.73 Å². The van der Waals surface area contributed by atoms with E-state index in [-0.39, 0.29) is 5.96 Å². The SMILES string of the molecule is CN(CC(=O)OC(=O)C(C)(O)O)C(=N)N. The molecule has 86 valence electrons. The molecule has 5 N–H and O–H groups in total. The van der Waals surface area contributed by atoms with Gasteiger partial charge in [0.05, 0.1) is 0 Å². The molecule has 0 fully saturated rings. The zero-order valence-electron chi connectivity index (χ0n) is 8.35. The number of rotatable bonds is 3. The van der Waals surface area contributed by atoms with E-state index in [0.29, 0.717) is 0 Å². The van der Waals surface area contributed by atoms with Crippen LogP contribution in [0, 0.1) is 5.41 Å². The van der Waals surface area contributed by atoms with Gasteiger partial charge in [-0.15, -0.1) is 0 Å². The molecular weight excluding hydrogens is 206 g/mol. The summed E-state index contributed by atoms with van der Waals surface area (Å²) in [6, 6.07) is 0. The summed E-state index contributed by atoms with van der Waals surface area (Å²) in [4.78, 5) is 22.8. The molecule has 0 heterocycles. The van der Waals surface area contributed by atoms with Gasteiger partial charge in [0.2, 0.25) is 0 Å². The molecular formula is C7H13N3O5. The zero-order valence-corrected chi connectivity index (χ0v) is 8.35. The molecule has 0 amide bonds. The molecule has 0 aliphatic carbocycles. The predicted octanol–water partition coefficient (Wildman–Crippen LogP) is -2.42. The fourth-order valence-electron chi connectivity index (χ4n) is 0.511. The van der Waals surface area contributed by atoms with Gasteiger partial charge in [-0.25, -0.2) is 9.59 Å². The number of hydrogen-bond acceptors (Lipinski definition) is 6. The third-order valence-corrected chi connectivity index (χ3v) is 1.37. The Kier molecular flexibility index (Phi) is 4.19. The van der Waals surface area contributed by atoms with Crippen molar-refractivity contribution in [3.05, 3.63) is 0 Å². The van der Waals surface area contributed by atoms with Crippen LogP contribution in [0.3, 0.4) is 0 Å². The summed E-state index contributed by atoms with van der Waals surface area (Å²) in [6.45, 7) is 0.328. The second-order valence-corrected chi connectivity index (χ2v) is 3.02. The van der Waals surface area contributed by atoms with E-state index in [1.54, 1.807) is 0 Å². The Bertz CT molecular complexity index is 283. The maximum atomic E-state index is 11.0. The molecule has 8 nitrogen and oxygen atoms in total. The first-order valence-corrected chi connectivity index (χ1v) is 3.89. The number of esters is 2. The van der Waals surface area contributed by atoms with Gasteiger partial charge < -0.3 is 25.6 Å². The molecule has 0 bridgehead atoms. The number of guanidine groups is 1. The van der Waals surface area contributed by atoms with E-state index in [2.05, 4.69) is 4.74 Å². The molecule has 0 aliphatic heterocycles. The van der Waals surface area contributed by atoms with Crippen molar-refractivity contribution in [2.45, 2.75) is 12.7 Å². The highest BCUT2D eigenvalue weighted by atomic mass is 16.6. The van der Waals surface area contributed by atoms with Crippen molar-refractivity contribution < 1.29 is 24.5 Å². The van der Waals surface area contributed by atoms with Gasteiger partial charge >= 0.3 is 11.9 Å². The molecule has 0 aromatic rings. The van der Waals surface area contributed by atoms with Crippen LogP contribution >= 0.6 is 0 Å². The second kappa shape index (κ2) is 4.71. The molecule has 0 rings (SSSR count). The van der Waals surface area contributed by atoms with Crippen molar-refractivity contribution in [1.29, 1.82) is 5.41 Å². The fraction of sp³-hybridized carbons (Fsp3) is 0.571. The average molecular weight is 219 g/mol. The molecule has 0 aromatic heterocycles. The van der Waals surface area contributed by atoms with E-state index >= 15 is 0 Å². The molecule has 0 radical (unpaired) electrons. The third kappa shape index (κ3) is 4.93. The van der Waals surface area contributed by atoms with Crippen LogP contribution in [0.2, 0.25) is 0 Å². The molecule has 0 aromatic carbocycles. The highest BCUT2D eigenvalue weighted by Crippen LogP contribution is 2.00. The lowest BCUT2D eigenvalue weighted by Crippen LogP contribution is -2.42. The quantitative estimate of drug-likeness (QED) is 0.136. The minimum absolute atomic E-state index is 0.379. The maximum absolute atomic E-state index is 11.0. The molecule has 8 heteroatoms. The minimum atomic E-state index is -2.72. The first kappa shape index (κ1) is 13.3. The van der Waals surface area contributed by atoms with Crippen LogP contribution < -0.4 is 5.73 Å². The largest absolute Gasteiger partial charge is 0.388 e. The maximum Gasteiger partial charge on any atom is 0.373 e. The van der Waals surface area contributed by atoms with E-state index < -0.39 is 24.3 Å². The number of nitrogens with one attached hydrogen (secondary N) is 1. The Morgan fingerprint density at radius 1 is 1.53 bits per heavy atom. The van der Waals surface area contributed by atoms with Crippen molar-refractivity contribution in [3.63, 3.8) is 0 Å². The summed E-state index contributed by atoms with van der Waals surface area (Å²) >= 11 is 0. The summed E-state index contributed by atoms with van der Waals surface area (Å²) in [7, 11) is 1.34. The van der Waals surface area contributed by atoms with Crippen molar-refractivity contribution >= 4 is 17.9 Å². The molecule has 0 saturated heterocycles. The topological polar surface area (TPSA) is 137 Å². The van der Waals surface area contributed by atoms with Crippen LogP contribution in [0.1, 0.15) is 6.92 Å². The Hall–Kier alpha value is -1.67. The Morgan fingerprint density at radius 3 is 2.33 bits per heavy atom. The van der Waals surface area contributed by atoms with Crippen LogP contribution in [-0.2, 0) is 14.3 Å². The average Bonchev–Trinajstić information content (AvgIpc) is 2.01. The van der Waals surface area contributed by atoms with Crippen molar-refractivity contribution in [3.8, 4) is 0 Å². The molecule has 15 heavy (non-hydrogen) atoms. The number of aliphatic hydroxyl groups is 2. The third-order valence-electron chi connectivity index (χ3n) is 1.37. The number of likely N-dealkylation sites (N-methyl/N-ethyl adjacent to an activating group) is 1. The zero-order chi connectivity index (χ0) is 12.2. The van der Waals surface area contributed by atoms with Crippen LogP contribution in [0.4, 0.5) is 0 Å². The summed E-state index contributed by atoms with van der Waals surface area (Å²) in [5.74, 6) is -5.61. The smallest absolute Gasteiger partial charge is 0.373 e. The highest BCUT2D eigenvalue weighted by molar-refractivity contribution is 5.91. The normalized spacial score (nSPS) is 10.7. The first-order chi connectivity index (χ1) is 6.64. The standard InChI is InChI=1S/C7H13N3O5/c1-7(13,14)5(12)15-4(11)3-10(2)6(8)9/h13-14H,3H2,1-2H3,(H3,8,9). The van der Waals surface area contributed by atoms with Crippen LogP contribution in [0.25, 0.3) is 0 Å². The van der Waals surface area contributed by atoms with Gasteiger partial charge in [-0.05, 0) is 0 Å². The lowest BCUT2D eigenvalue weighted by Gasteiger charge is -2.17. The summed E-state index contributed by atoms with van der Waals surface area (Å²) in [6.07, 6.45) is 0. The predicted molar refractivity (Wildman–Crippen MR) is 48.5 cm³/mol. The number of nitrogens with zero attached hydrogens (tertiary/aromatic N) is 1. The lowest BCUT2D eigenvalue weighted by molar-refractivity contribution is -0.204. The number of carbonyl (C=O) groups is 2. The Balaban J connectivity index is 4.17. The van der Waals surface area contributed by atoms with Crippen molar-refractivity contribution in [1.82, 2.24) is 4.90 Å². The summed E-state index contributed by atoms with van der Waals surface area (Å²) < 4.78 is 4.06. The fourth-order valence-corrected chi connectivity index (χ4v) is 0.511. The number of carbonyl (C=O) groups excluding carboxylic acids is 2. The first-order valence-electron chi connectivity index (χ1n) is 3.89. The molecule has 0 unspecified atom stereocenters. The van der Waals surface area contributed by atoms with Crippen LogP contribution in [0.15, 0.2) is 0 Å². The highest BCUT2D eigenvalue weighted by Gasteiger charge is 2.31. The lowest BCUT2D eigenvalue weighted by atomic mass is 10.3. The molecule has 0 saturated carbocycles. The van der Waals surface area contributed by atoms with E-state index in [1.807, 2.05) is 0 Å². The van der Waals surface area contributed by atoms with Crippen LogP contribution in [0.5, 0.6) is 0 Å².